The highest BCUT2D eigenvalue weighted by Gasteiger charge is 2.00. The summed E-state index contributed by atoms with van der Waals surface area (Å²) in [6, 6.07) is 5.65. The van der Waals surface area contributed by atoms with Crippen LogP contribution in [0.4, 0.5) is 0 Å². The quantitative estimate of drug-likeness (QED) is 0.753. The average Bonchev–Trinajstić information content (AvgIpc) is 2.29. The monoisotopic (exact) mass is 224 g/mol. The second-order valence-corrected chi connectivity index (χ2v) is 3.60. The third-order valence-electron chi connectivity index (χ3n) is 2.07. The number of allylic oxidation sites excluding steroid dienone is 1. The number of hydrogen-bond donors (Lipinski definition) is 2. The van der Waals surface area contributed by atoms with Crippen LogP contribution in [0.1, 0.15) is 17.5 Å². The summed E-state index contributed by atoms with van der Waals surface area (Å²) in [5.74, 6) is 1.65. The van der Waals surface area contributed by atoms with E-state index in [1.807, 2.05) is 30.4 Å². The molecule has 82 valence electrons. The normalized spacial score (nSPS) is 10.9. The third-order valence-corrected chi connectivity index (χ3v) is 2.33. The number of aliphatic hydroxyl groups excluding tert-OH is 1. The van der Waals surface area contributed by atoms with Crippen LogP contribution in [0.3, 0.4) is 0 Å². The third kappa shape index (κ3) is 3.61. The van der Waals surface area contributed by atoms with Gasteiger partial charge in [-0.3, -0.25) is 0 Å². The Balaban J connectivity index is 2.90. The van der Waals surface area contributed by atoms with E-state index in [0.29, 0.717) is 0 Å². The minimum atomic E-state index is 0.0530. The molecule has 0 bridgehead atoms. The topological polar surface area (TPSA) is 29.5 Å². The second kappa shape index (κ2) is 6.53. The van der Waals surface area contributed by atoms with E-state index < -0.39 is 0 Å². The lowest BCUT2D eigenvalue weighted by Crippen LogP contribution is -1.90. The molecule has 0 aliphatic rings. The maximum atomic E-state index is 9.02. The Morgan fingerprint density at radius 3 is 2.87 bits per heavy atom. The van der Waals surface area contributed by atoms with Gasteiger partial charge < -0.3 is 9.84 Å². The van der Waals surface area contributed by atoms with Crippen LogP contribution in [-0.2, 0) is 6.61 Å². The van der Waals surface area contributed by atoms with Crippen molar-refractivity contribution in [2.75, 3.05) is 12.9 Å². The van der Waals surface area contributed by atoms with Crippen molar-refractivity contribution < 1.29 is 9.84 Å². The van der Waals surface area contributed by atoms with E-state index in [9.17, 15) is 0 Å². The molecule has 0 heterocycles. The van der Waals surface area contributed by atoms with Crippen LogP contribution in [0.25, 0.3) is 6.08 Å². The molecule has 1 rings (SSSR count). The number of methoxy groups -OCH3 is 1. The highest BCUT2D eigenvalue weighted by Crippen LogP contribution is 2.21. The maximum Gasteiger partial charge on any atom is 0.126 e. The summed E-state index contributed by atoms with van der Waals surface area (Å²) in [5, 5.41) is 9.02. The minimum Gasteiger partial charge on any atom is -0.496 e. The van der Waals surface area contributed by atoms with Crippen molar-refractivity contribution in [1.29, 1.82) is 0 Å². The van der Waals surface area contributed by atoms with E-state index in [-0.39, 0.29) is 6.61 Å². The van der Waals surface area contributed by atoms with Gasteiger partial charge in [-0.05, 0) is 29.9 Å². The average molecular weight is 224 g/mol. The van der Waals surface area contributed by atoms with Gasteiger partial charge in [0.25, 0.3) is 0 Å². The Morgan fingerprint density at radius 2 is 2.27 bits per heavy atom. The van der Waals surface area contributed by atoms with Crippen LogP contribution in [0.2, 0.25) is 0 Å². The van der Waals surface area contributed by atoms with E-state index in [2.05, 4.69) is 12.6 Å². The molecule has 0 radical (unpaired) electrons. The van der Waals surface area contributed by atoms with Crippen molar-refractivity contribution >= 4 is 18.7 Å². The molecule has 1 aromatic rings. The minimum absolute atomic E-state index is 0.0530. The van der Waals surface area contributed by atoms with Crippen molar-refractivity contribution in [3.8, 4) is 5.75 Å². The van der Waals surface area contributed by atoms with E-state index >= 15 is 0 Å². The molecule has 15 heavy (non-hydrogen) atoms. The summed E-state index contributed by atoms with van der Waals surface area (Å²) in [5.41, 5.74) is 1.88. The van der Waals surface area contributed by atoms with Crippen molar-refractivity contribution in [2.45, 2.75) is 13.0 Å². The Kier molecular flexibility index (Phi) is 5.29. The molecule has 0 unspecified atom stereocenters. The fourth-order valence-corrected chi connectivity index (χ4v) is 1.45. The van der Waals surface area contributed by atoms with Crippen molar-refractivity contribution in [1.82, 2.24) is 0 Å². The predicted octanol–water partition coefficient (Wildman–Crippen LogP) is 2.52. The highest BCUT2D eigenvalue weighted by atomic mass is 32.1. The molecule has 2 nitrogen and oxygen atoms in total. The standard InChI is InChI=1S/C12H16O2S/c1-14-12-6-5-10(9-13)8-11(12)4-2-3-7-15/h2,4-6,8,13,15H,3,7,9H2,1H3. The lowest BCUT2D eigenvalue weighted by atomic mass is 10.1. The molecule has 0 saturated carbocycles. The Labute approximate surface area is 96.0 Å². The van der Waals surface area contributed by atoms with Crippen molar-refractivity contribution in [3.05, 3.63) is 35.4 Å². The number of rotatable bonds is 5. The fraction of sp³-hybridized carbons (Fsp3) is 0.333. The van der Waals surface area contributed by atoms with Crippen LogP contribution >= 0.6 is 12.6 Å². The lowest BCUT2D eigenvalue weighted by Gasteiger charge is -2.06. The Bertz CT molecular complexity index is 334. The molecule has 0 fully saturated rings. The number of hydrogen-bond acceptors (Lipinski definition) is 3. The van der Waals surface area contributed by atoms with Gasteiger partial charge in [0.05, 0.1) is 13.7 Å². The van der Waals surface area contributed by atoms with Crippen LogP contribution < -0.4 is 4.74 Å². The maximum absolute atomic E-state index is 9.02. The largest absolute Gasteiger partial charge is 0.496 e. The molecule has 0 atom stereocenters. The van der Waals surface area contributed by atoms with Gasteiger partial charge in [0, 0.05) is 5.56 Å². The summed E-state index contributed by atoms with van der Waals surface area (Å²) in [6.45, 7) is 0.0530. The first-order valence-corrected chi connectivity index (χ1v) is 5.50. The van der Waals surface area contributed by atoms with E-state index in [1.165, 1.54) is 0 Å². The molecule has 1 aromatic carbocycles. The van der Waals surface area contributed by atoms with Gasteiger partial charge >= 0.3 is 0 Å². The molecule has 0 spiro atoms. The van der Waals surface area contributed by atoms with Crippen molar-refractivity contribution in [2.24, 2.45) is 0 Å². The fourth-order valence-electron chi connectivity index (χ4n) is 1.30. The van der Waals surface area contributed by atoms with Crippen molar-refractivity contribution in [3.63, 3.8) is 0 Å². The Hall–Kier alpha value is -0.930. The molecule has 3 heteroatoms. The lowest BCUT2D eigenvalue weighted by molar-refractivity contribution is 0.281. The van der Waals surface area contributed by atoms with E-state index in [0.717, 1.165) is 29.1 Å². The van der Waals surface area contributed by atoms with Crippen LogP contribution in [0, 0.1) is 0 Å². The van der Waals surface area contributed by atoms with Crippen LogP contribution in [0.5, 0.6) is 5.75 Å². The zero-order valence-corrected chi connectivity index (χ0v) is 9.71. The van der Waals surface area contributed by atoms with Crippen LogP contribution in [-0.4, -0.2) is 18.0 Å². The number of thiol groups is 1. The van der Waals surface area contributed by atoms with Gasteiger partial charge in [0.15, 0.2) is 0 Å². The molecular weight excluding hydrogens is 208 g/mol. The number of aliphatic hydroxyl groups is 1. The van der Waals surface area contributed by atoms with E-state index in [1.54, 1.807) is 7.11 Å². The SMILES string of the molecule is COc1ccc(CO)cc1C=CCCS. The van der Waals surface area contributed by atoms with Gasteiger partial charge in [0.2, 0.25) is 0 Å². The second-order valence-electron chi connectivity index (χ2n) is 3.15. The zero-order valence-electron chi connectivity index (χ0n) is 8.81. The summed E-state index contributed by atoms with van der Waals surface area (Å²) in [6.07, 6.45) is 4.97. The van der Waals surface area contributed by atoms with Crippen LogP contribution in [0.15, 0.2) is 24.3 Å². The van der Waals surface area contributed by atoms with E-state index in [4.69, 9.17) is 9.84 Å². The first-order valence-electron chi connectivity index (χ1n) is 4.87. The first-order chi connectivity index (χ1) is 7.31. The van der Waals surface area contributed by atoms with Gasteiger partial charge in [-0.15, -0.1) is 0 Å². The molecule has 0 aliphatic carbocycles. The first kappa shape index (κ1) is 12.1. The molecule has 0 amide bonds. The highest BCUT2D eigenvalue weighted by molar-refractivity contribution is 7.80. The van der Waals surface area contributed by atoms with Gasteiger partial charge in [-0.25, -0.2) is 0 Å². The summed E-state index contributed by atoms with van der Waals surface area (Å²) in [7, 11) is 1.64. The summed E-state index contributed by atoms with van der Waals surface area (Å²) < 4.78 is 5.22. The summed E-state index contributed by atoms with van der Waals surface area (Å²) >= 11 is 4.13. The molecule has 1 N–H and O–H groups in total. The smallest absolute Gasteiger partial charge is 0.126 e. The predicted molar refractivity (Wildman–Crippen MR) is 66.4 cm³/mol. The summed E-state index contributed by atoms with van der Waals surface area (Å²) in [4.78, 5) is 0. The number of benzene rings is 1. The molecule has 0 aliphatic heterocycles. The van der Waals surface area contributed by atoms with Gasteiger partial charge in [-0.2, -0.15) is 12.6 Å². The molecule has 0 aromatic heterocycles. The zero-order chi connectivity index (χ0) is 11.1. The Morgan fingerprint density at radius 1 is 1.47 bits per heavy atom. The molecule has 0 saturated heterocycles. The van der Waals surface area contributed by atoms with Gasteiger partial charge in [0.1, 0.15) is 5.75 Å². The molecular formula is C12H16O2S. The van der Waals surface area contributed by atoms with Gasteiger partial charge in [-0.1, -0.05) is 18.2 Å². The number of ether oxygens (including phenoxy) is 1.